The van der Waals surface area contributed by atoms with Crippen LogP contribution in [0.2, 0.25) is 0 Å². The van der Waals surface area contributed by atoms with Gasteiger partial charge >= 0.3 is 0 Å². The van der Waals surface area contributed by atoms with Gasteiger partial charge in [-0.3, -0.25) is 9.69 Å². The number of nitrogens with zero attached hydrogens (tertiary/aromatic N) is 3. The lowest BCUT2D eigenvalue weighted by molar-refractivity contribution is -0.135. The van der Waals surface area contributed by atoms with Crippen molar-refractivity contribution in [1.29, 1.82) is 0 Å². The number of amides is 1. The lowest BCUT2D eigenvalue weighted by atomic mass is 9.97. The highest BCUT2D eigenvalue weighted by Gasteiger charge is 2.34. The maximum absolute atomic E-state index is 13.8. The van der Waals surface area contributed by atoms with Gasteiger partial charge in [0.05, 0.1) is 18.3 Å². The zero-order valence-electron chi connectivity index (χ0n) is 17.1. The van der Waals surface area contributed by atoms with Crippen LogP contribution in [0, 0.1) is 12.7 Å². The largest absolute Gasteiger partial charge is 0.292 e. The molecule has 0 unspecified atom stereocenters. The first-order valence-corrected chi connectivity index (χ1v) is 10.5. The Balaban J connectivity index is 1.61. The predicted octanol–water partition coefficient (Wildman–Crippen LogP) is 4.69. The van der Waals surface area contributed by atoms with Crippen LogP contribution < -0.4 is 0 Å². The van der Waals surface area contributed by atoms with Crippen molar-refractivity contribution >= 4 is 11.6 Å². The summed E-state index contributed by atoms with van der Waals surface area (Å²) in [4.78, 5) is 15.5. The van der Waals surface area contributed by atoms with Crippen LogP contribution in [0.15, 0.2) is 53.6 Å². The molecule has 0 aromatic heterocycles. The second-order valence-corrected chi connectivity index (χ2v) is 8.24. The summed E-state index contributed by atoms with van der Waals surface area (Å²) in [7, 11) is 0. The molecule has 2 heterocycles. The number of carbonyl (C=O) groups excluding carboxylic acids is 1. The number of piperidine rings is 1. The maximum atomic E-state index is 13.8. The molecule has 2 atom stereocenters. The van der Waals surface area contributed by atoms with E-state index in [1.807, 2.05) is 13.0 Å². The number of halogens is 1. The number of rotatable bonds is 4. The van der Waals surface area contributed by atoms with E-state index in [-0.39, 0.29) is 17.8 Å². The molecular formula is C24H28FN3O. The monoisotopic (exact) mass is 393 g/mol. The van der Waals surface area contributed by atoms with Gasteiger partial charge in [-0.05, 0) is 50.9 Å². The standard InChI is InChI=1S/C24H28FN3O/c1-17-9-11-19(12-10-17)23-15-22(20-7-5-8-21(25)14-20)26-28(23)24(29)16-27-13-4-3-6-18(27)2/h5,7-12,14,18,23H,3-4,6,13,15-16H2,1-2H3/t18-,23-/m1/s1. The number of carbonyl (C=O) groups is 1. The third kappa shape index (κ3) is 4.40. The maximum Gasteiger partial charge on any atom is 0.257 e. The van der Waals surface area contributed by atoms with E-state index in [9.17, 15) is 9.18 Å². The van der Waals surface area contributed by atoms with Crippen molar-refractivity contribution < 1.29 is 9.18 Å². The van der Waals surface area contributed by atoms with Gasteiger partial charge < -0.3 is 0 Å². The highest BCUT2D eigenvalue weighted by atomic mass is 19.1. The third-order valence-corrected chi connectivity index (χ3v) is 6.06. The summed E-state index contributed by atoms with van der Waals surface area (Å²) in [5, 5.41) is 6.31. The van der Waals surface area contributed by atoms with Crippen molar-refractivity contribution in [2.75, 3.05) is 13.1 Å². The van der Waals surface area contributed by atoms with Crippen LogP contribution in [0.25, 0.3) is 0 Å². The van der Waals surface area contributed by atoms with Crippen molar-refractivity contribution in [2.24, 2.45) is 5.10 Å². The number of hydrazone groups is 1. The first-order chi connectivity index (χ1) is 14.0. The quantitative estimate of drug-likeness (QED) is 0.756. The number of benzene rings is 2. The molecule has 1 amide bonds. The highest BCUT2D eigenvalue weighted by molar-refractivity contribution is 6.03. The summed E-state index contributed by atoms with van der Waals surface area (Å²) in [5.41, 5.74) is 3.74. The lowest BCUT2D eigenvalue weighted by Gasteiger charge is -2.34. The molecule has 4 nitrogen and oxygen atoms in total. The summed E-state index contributed by atoms with van der Waals surface area (Å²) >= 11 is 0. The minimum atomic E-state index is -0.288. The minimum absolute atomic E-state index is 0.00993. The van der Waals surface area contributed by atoms with Gasteiger partial charge in [0.25, 0.3) is 5.91 Å². The molecule has 152 valence electrons. The second kappa shape index (κ2) is 8.46. The molecule has 4 rings (SSSR count). The van der Waals surface area contributed by atoms with E-state index in [1.165, 1.54) is 24.1 Å². The normalized spacial score (nSPS) is 22.6. The fraction of sp³-hybridized carbons (Fsp3) is 0.417. The highest BCUT2D eigenvalue weighted by Crippen LogP contribution is 2.33. The number of likely N-dealkylation sites (tertiary alicyclic amines) is 1. The van der Waals surface area contributed by atoms with Gasteiger partial charge in [0.1, 0.15) is 5.82 Å². The smallest absolute Gasteiger partial charge is 0.257 e. The van der Waals surface area contributed by atoms with Gasteiger partial charge in [0.2, 0.25) is 0 Å². The van der Waals surface area contributed by atoms with Crippen molar-refractivity contribution in [3.05, 3.63) is 71.0 Å². The van der Waals surface area contributed by atoms with E-state index in [4.69, 9.17) is 0 Å². The zero-order chi connectivity index (χ0) is 20.4. The van der Waals surface area contributed by atoms with Gasteiger partial charge in [0, 0.05) is 18.0 Å². The molecule has 2 aliphatic rings. The SMILES string of the molecule is Cc1ccc([C@H]2CC(c3cccc(F)c3)=NN2C(=O)CN2CCCC[C@H]2C)cc1. The fourth-order valence-electron chi connectivity index (χ4n) is 4.27. The molecule has 0 saturated carbocycles. The second-order valence-electron chi connectivity index (χ2n) is 8.24. The predicted molar refractivity (Wildman–Crippen MR) is 113 cm³/mol. The Morgan fingerprint density at radius 2 is 1.97 bits per heavy atom. The van der Waals surface area contributed by atoms with Crippen LogP contribution in [-0.2, 0) is 4.79 Å². The number of aryl methyl sites for hydroxylation is 1. The van der Waals surface area contributed by atoms with E-state index in [2.05, 4.69) is 41.2 Å². The lowest BCUT2D eigenvalue weighted by Crippen LogP contribution is -2.44. The Morgan fingerprint density at radius 3 is 2.69 bits per heavy atom. The topological polar surface area (TPSA) is 35.9 Å². The number of hydrogen-bond donors (Lipinski definition) is 0. The molecule has 29 heavy (non-hydrogen) atoms. The Kier molecular flexibility index (Phi) is 5.76. The van der Waals surface area contributed by atoms with E-state index in [1.54, 1.807) is 11.1 Å². The summed E-state index contributed by atoms with van der Waals surface area (Å²) in [6.45, 7) is 5.57. The molecule has 1 fully saturated rings. The van der Waals surface area contributed by atoms with Gasteiger partial charge in [-0.1, -0.05) is 48.4 Å². The van der Waals surface area contributed by atoms with E-state index in [0.29, 0.717) is 19.0 Å². The minimum Gasteiger partial charge on any atom is -0.292 e. The zero-order valence-corrected chi connectivity index (χ0v) is 17.1. The van der Waals surface area contributed by atoms with Crippen molar-refractivity contribution in [3.63, 3.8) is 0 Å². The molecule has 0 aliphatic carbocycles. The molecule has 0 N–H and O–H groups in total. The van der Waals surface area contributed by atoms with Gasteiger partial charge in [-0.15, -0.1) is 0 Å². The molecule has 2 aromatic rings. The summed E-state index contributed by atoms with van der Waals surface area (Å²) in [6, 6.07) is 15.0. The van der Waals surface area contributed by atoms with Crippen LogP contribution >= 0.6 is 0 Å². The molecule has 5 heteroatoms. The van der Waals surface area contributed by atoms with Crippen LogP contribution in [0.1, 0.15) is 55.3 Å². The first-order valence-electron chi connectivity index (χ1n) is 10.5. The fourth-order valence-corrected chi connectivity index (χ4v) is 4.27. The molecule has 0 radical (unpaired) electrons. The molecule has 0 bridgehead atoms. The Morgan fingerprint density at radius 1 is 1.17 bits per heavy atom. The summed E-state index contributed by atoms with van der Waals surface area (Å²) < 4.78 is 13.8. The molecule has 2 aromatic carbocycles. The van der Waals surface area contributed by atoms with Gasteiger partial charge in [-0.25, -0.2) is 9.40 Å². The van der Waals surface area contributed by atoms with E-state index < -0.39 is 0 Å². The van der Waals surface area contributed by atoms with Crippen molar-refractivity contribution in [1.82, 2.24) is 9.91 Å². The summed E-state index contributed by atoms with van der Waals surface area (Å²) in [6.07, 6.45) is 4.08. The Hall–Kier alpha value is -2.53. The molecular weight excluding hydrogens is 365 g/mol. The van der Waals surface area contributed by atoms with Crippen molar-refractivity contribution in [2.45, 2.75) is 51.6 Å². The molecule has 0 spiro atoms. The Bertz CT molecular complexity index is 909. The van der Waals surface area contributed by atoms with Crippen LogP contribution in [0.3, 0.4) is 0 Å². The third-order valence-electron chi connectivity index (χ3n) is 6.06. The summed E-state index contributed by atoms with van der Waals surface area (Å²) in [5.74, 6) is -0.278. The average Bonchev–Trinajstić information content (AvgIpc) is 3.16. The first kappa shape index (κ1) is 19.8. The Labute approximate surface area is 172 Å². The van der Waals surface area contributed by atoms with Crippen LogP contribution in [0.5, 0.6) is 0 Å². The van der Waals surface area contributed by atoms with Gasteiger partial charge in [0.15, 0.2) is 0 Å². The van der Waals surface area contributed by atoms with Crippen LogP contribution in [-0.4, -0.2) is 40.7 Å². The number of hydrogen-bond acceptors (Lipinski definition) is 3. The molecule has 1 saturated heterocycles. The van der Waals surface area contributed by atoms with Gasteiger partial charge in [-0.2, -0.15) is 5.10 Å². The average molecular weight is 394 g/mol. The van der Waals surface area contributed by atoms with E-state index in [0.717, 1.165) is 36.2 Å². The van der Waals surface area contributed by atoms with Crippen molar-refractivity contribution in [3.8, 4) is 0 Å². The van der Waals surface area contributed by atoms with E-state index >= 15 is 0 Å². The molecule has 2 aliphatic heterocycles. The van der Waals surface area contributed by atoms with Crippen LogP contribution in [0.4, 0.5) is 4.39 Å².